The summed E-state index contributed by atoms with van der Waals surface area (Å²) in [7, 11) is 0. The number of oxime groups is 1. The second-order valence-corrected chi connectivity index (χ2v) is 7.72. The fraction of sp³-hybridized carbons (Fsp3) is 0.941. The van der Waals surface area contributed by atoms with Crippen LogP contribution in [0.3, 0.4) is 0 Å². The molecule has 1 saturated heterocycles. The predicted molar refractivity (Wildman–Crippen MR) is 87.5 cm³/mol. The first-order valence-corrected chi connectivity index (χ1v) is 8.73. The third-order valence-electron chi connectivity index (χ3n) is 5.70. The molecule has 0 amide bonds. The van der Waals surface area contributed by atoms with Crippen molar-refractivity contribution in [2.75, 3.05) is 19.6 Å². The molecule has 21 heavy (non-hydrogen) atoms. The zero-order valence-corrected chi connectivity index (χ0v) is 13.9. The lowest BCUT2D eigenvalue weighted by Crippen LogP contribution is -2.42. The van der Waals surface area contributed by atoms with Gasteiger partial charge in [0.25, 0.3) is 0 Å². The molecule has 2 atom stereocenters. The van der Waals surface area contributed by atoms with Crippen molar-refractivity contribution < 1.29 is 5.21 Å². The summed E-state index contributed by atoms with van der Waals surface area (Å²) in [6, 6.07) is 0. The Kier molecular flexibility index (Phi) is 5.91. The van der Waals surface area contributed by atoms with E-state index in [0.717, 1.165) is 24.7 Å². The van der Waals surface area contributed by atoms with Crippen LogP contribution < -0.4 is 5.73 Å². The van der Waals surface area contributed by atoms with Crippen LogP contribution in [-0.4, -0.2) is 35.6 Å². The summed E-state index contributed by atoms with van der Waals surface area (Å²) in [6.07, 6.45) is 10.6. The highest BCUT2D eigenvalue weighted by Gasteiger charge is 2.30. The van der Waals surface area contributed by atoms with Gasteiger partial charge in [0, 0.05) is 12.0 Å². The van der Waals surface area contributed by atoms with Gasteiger partial charge in [0.2, 0.25) is 0 Å². The lowest BCUT2D eigenvalue weighted by atomic mass is 9.75. The van der Waals surface area contributed by atoms with E-state index in [1.807, 2.05) is 0 Å². The van der Waals surface area contributed by atoms with Crippen LogP contribution >= 0.6 is 0 Å². The van der Waals surface area contributed by atoms with Gasteiger partial charge in [0.1, 0.15) is 5.84 Å². The molecule has 1 saturated carbocycles. The van der Waals surface area contributed by atoms with Gasteiger partial charge in [0.05, 0.1) is 0 Å². The van der Waals surface area contributed by atoms with Crippen LogP contribution in [0, 0.1) is 17.3 Å². The Bertz CT molecular complexity index is 354. The van der Waals surface area contributed by atoms with Crippen molar-refractivity contribution in [3.63, 3.8) is 0 Å². The third-order valence-corrected chi connectivity index (χ3v) is 5.70. The highest BCUT2D eigenvalue weighted by atomic mass is 16.4. The minimum absolute atomic E-state index is 0.189. The summed E-state index contributed by atoms with van der Waals surface area (Å²) < 4.78 is 0. The number of fused-ring (bicyclic) bond motifs is 1. The molecule has 0 bridgehead atoms. The van der Waals surface area contributed by atoms with Crippen LogP contribution in [0.15, 0.2) is 5.16 Å². The zero-order chi connectivity index (χ0) is 15.3. The average molecular weight is 295 g/mol. The van der Waals surface area contributed by atoms with E-state index < -0.39 is 0 Å². The first-order chi connectivity index (χ1) is 10.0. The fourth-order valence-electron chi connectivity index (χ4n) is 4.05. The summed E-state index contributed by atoms with van der Waals surface area (Å²) in [4.78, 5) is 2.67. The molecule has 1 aliphatic carbocycles. The summed E-state index contributed by atoms with van der Waals surface area (Å²) >= 11 is 0. The topological polar surface area (TPSA) is 61.8 Å². The second kappa shape index (κ2) is 7.48. The Morgan fingerprint density at radius 1 is 1.19 bits per heavy atom. The van der Waals surface area contributed by atoms with Crippen LogP contribution in [0.25, 0.3) is 0 Å². The Morgan fingerprint density at radius 3 is 2.62 bits per heavy atom. The van der Waals surface area contributed by atoms with Crippen LogP contribution in [0.4, 0.5) is 0 Å². The third kappa shape index (κ3) is 4.60. The number of likely N-dealkylation sites (tertiary alicyclic amines) is 1. The molecule has 1 heterocycles. The Balaban J connectivity index is 1.65. The van der Waals surface area contributed by atoms with Gasteiger partial charge in [-0.05, 0) is 50.6 Å². The molecular formula is C17H33N3O. The number of piperidine rings is 1. The van der Waals surface area contributed by atoms with Gasteiger partial charge >= 0.3 is 0 Å². The maximum absolute atomic E-state index is 8.80. The molecule has 4 nitrogen and oxygen atoms in total. The molecule has 2 aliphatic rings. The van der Waals surface area contributed by atoms with Crippen molar-refractivity contribution in [1.82, 2.24) is 4.90 Å². The summed E-state index contributed by atoms with van der Waals surface area (Å²) in [5, 5.41) is 12.0. The first kappa shape index (κ1) is 16.6. The molecule has 2 unspecified atom stereocenters. The Labute approximate surface area is 129 Å². The predicted octanol–water partition coefficient (Wildman–Crippen LogP) is 3.44. The molecule has 4 heteroatoms. The zero-order valence-electron chi connectivity index (χ0n) is 13.9. The second-order valence-electron chi connectivity index (χ2n) is 7.72. The molecule has 2 fully saturated rings. The van der Waals surface area contributed by atoms with Gasteiger partial charge in [-0.15, -0.1) is 0 Å². The van der Waals surface area contributed by atoms with Crippen LogP contribution in [0.1, 0.15) is 65.2 Å². The normalized spacial score (nSPS) is 28.4. The molecule has 2 rings (SSSR count). The molecule has 1 aliphatic heterocycles. The van der Waals surface area contributed by atoms with Gasteiger partial charge < -0.3 is 15.8 Å². The maximum Gasteiger partial charge on any atom is 0.144 e. The van der Waals surface area contributed by atoms with E-state index in [4.69, 9.17) is 10.9 Å². The SMILES string of the molecule is CC(C)(CCCCN1CCC2CCCCC2C1)C(N)=NO. The van der Waals surface area contributed by atoms with E-state index in [9.17, 15) is 0 Å². The van der Waals surface area contributed by atoms with Gasteiger partial charge in [-0.1, -0.05) is 44.7 Å². The van der Waals surface area contributed by atoms with Gasteiger partial charge in [-0.2, -0.15) is 0 Å². The van der Waals surface area contributed by atoms with E-state index in [1.54, 1.807) is 0 Å². The average Bonchev–Trinajstić information content (AvgIpc) is 2.50. The standard InChI is InChI=1S/C17H33N3O/c1-17(2,16(18)19-21)10-5-6-11-20-12-9-14-7-3-4-8-15(14)13-20/h14-15,21H,3-13H2,1-2H3,(H2,18,19). The Morgan fingerprint density at radius 2 is 1.90 bits per heavy atom. The molecule has 0 aromatic heterocycles. The molecular weight excluding hydrogens is 262 g/mol. The molecule has 0 aromatic rings. The van der Waals surface area contributed by atoms with Crippen molar-refractivity contribution >= 4 is 5.84 Å². The number of amidine groups is 1. The first-order valence-electron chi connectivity index (χ1n) is 8.73. The molecule has 0 aromatic carbocycles. The molecule has 0 radical (unpaired) electrons. The lowest BCUT2D eigenvalue weighted by molar-refractivity contribution is 0.0853. The Hall–Kier alpha value is -0.770. The van der Waals surface area contributed by atoms with Crippen LogP contribution in [0.2, 0.25) is 0 Å². The van der Waals surface area contributed by atoms with Gasteiger partial charge in [-0.3, -0.25) is 0 Å². The highest BCUT2D eigenvalue weighted by molar-refractivity contribution is 5.85. The van der Waals surface area contributed by atoms with Crippen molar-refractivity contribution in [2.45, 2.75) is 65.2 Å². The smallest absolute Gasteiger partial charge is 0.144 e. The number of unbranched alkanes of at least 4 members (excludes halogenated alkanes) is 1. The number of hydrogen-bond donors (Lipinski definition) is 2. The van der Waals surface area contributed by atoms with Crippen LogP contribution in [-0.2, 0) is 0 Å². The van der Waals surface area contributed by atoms with Gasteiger partial charge in [0.15, 0.2) is 0 Å². The van der Waals surface area contributed by atoms with Crippen molar-refractivity contribution in [3.8, 4) is 0 Å². The lowest BCUT2D eigenvalue weighted by Gasteiger charge is -2.41. The fourth-order valence-corrected chi connectivity index (χ4v) is 4.05. The van der Waals surface area contributed by atoms with Crippen LogP contribution in [0.5, 0.6) is 0 Å². The van der Waals surface area contributed by atoms with Crippen molar-refractivity contribution in [1.29, 1.82) is 0 Å². The summed E-state index contributed by atoms with van der Waals surface area (Å²) in [5.41, 5.74) is 5.55. The number of nitrogens with two attached hydrogens (primary N) is 1. The minimum Gasteiger partial charge on any atom is -0.409 e. The number of nitrogens with zero attached hydrogens (tertiary/aromatic N) is 2. The number of rotatable bonds is 6. The number of hydrogen-bond acceptors (Lipinski definition) is 3. The van der Waals surface area contributed by atoms with E-state index in [2.05, 4.69) is 23.9 Å². The minimum atomic E-state index is -0.189. The van der Waals surface area contributed by atoms with E-state index >= 15 is 0 Å². The summed E-state index contributed by atoms with van der Waals surface area (Å²) in [6.45, 7) is 7.94. The highest BCUT2D eigenvalue weighted by Crippen LogP contribution is 2.36. The summed E-state index contributed by atoms with van der Waals surface area (Å²) in [5.74, 6) is 2.35. The molecule has 0 spiro atoms. The van der Waals surface area contributed by atoms with Crippen molar-refractivity contribution in [3.05, 3.63) is 0 Å². The molecule has 122 valence electrons. The van der Waals surface area contributed by atoms with Crippen molar-refractivity contribution in [2.24, 2.45) is 28.1 Å². The monoisotopic (exact) mass is 295 g/mol. The van der Waals surface area contributed by atoms with E-state index in [-0.39, 0.29) is 5.41 Å². The van der Waals surface area contributed by atoms with E-state index in [1.165, 1.54) is 58.2 Å². The van der Waals surface area contributed by atoms with Gasteiger partial charge in [-0.25, -0.2) is 0 Å². The van der Waals surface area contributed by atoms with E-state index in [0.29, 0.717) is 5.84 Å². The molecule has 3 N–H and O–H groups in total. The largest absolute Gasteiger partial charge is 0.409 e. The quantitative estimate of drug-likeness (QED) is 0.259. The maximum atomic E-state index is 8.80.